The van der Waals surface area contributed by atoms with E-state index in [4.69, 9.17) is 2.81 Å². The fraction of sp³-hybridized carbons (Fsp3) is 0. The van der Waals surface area contributed by atoms with Crippen molar-refractivity contribution in [2.75, 3.05) is 0 Å². The van der Waals surface area contributed by atoms with E-state index in [0.29, 0.717) is 24.7 Å². The summed E-state index contributed by atoms with van der Waals surface area (Å²) >= 11 is 0.300. The van der Waals surface area contributed by atoms with Crippen molar-refractivity contribution < 1.29 is 38.5 Å². The van der Waals surface area contributed by atoms with Gasteiger partial charge in [0.05, 0.1) is 0 Å². The minimum absolute atomic E-state index is 0. The molecular weight excluding hydrogens is 166 g/mol. The summed E-state index contributed by atoms with van der Waals surface area (Å²) in [6.07, 6.45) is 0. The van der Waals surface area contributed by atoms with Crippen molar-refractivity contribution in [3.63, 3.8) is 0 Å². The molecule has 24 valence electrons. The monoisotopic (exact) mass is 165 g/mol. The van der Waals surface area contributed by atoms with Crippen LogP contribution in [0.25, 0.3) is 0 Å². The molecule has 0 atom stereocenters. The van der Waals surface area contributed by atoms with E-state index >= 15 is 0 Å². The van der Waals surface area contributed by atoms with Crippen LogP contribution >= 0.6 is 0 Å². The standard InChI is InChI=1S/Al.3O.Zr/q+3;;2*-2;+2. The van der Waals surface area contributed by atoms with Crippen LogP contribution in [0.15, 0.2) is 0 Å². The van der Waals surface area contributed by atoms with Crippen LogP contribution in [-0.4, -0.2) is 17.4 Å². The Labute approximate surface area is 55.8 Å². The van der Waals surface area contributed by atoms with Crippen molar-refractivity contribution in [1.82, 2.24) is 0 Å². The maximum absolute atomic E-state index is 8.34. The molecule has 0 unspecified atom stereocenters. The Morgan fingerprint density at radius 3 is 1.00 bits per heavy atom. The summed E-state index contributed by atoms with van der Waals surface area (Å²) in [5, 5.41) is 0. The van der Waals surface area contributed by atoms with Gasteiger partial charge in [0.1, 0.15) is 0 Å². The van der Waals surface area contributed by atoms with Gasteiger partial charge >= 0.3 is 44.9 Å². The first-order chi connectivity index (χ1) is 1.00. The Hall–Kier alpha value is 1.14. The van der Waals surface area contributed by atoms with Gasteiger partial charge in [-0.1, -0.05) is 0 Å². The fourth-order valence-electron chi connectivity index (χ4n) is 0. The third kappa shape index (κ3) is 39.2. The number of hydrogen-bond donors (Lipinski definition) is 0. The molecule has 0 bridgehead atoms. The summed E-state index contributed by atoms with van der Waals surface area (Å²) in [4.78, 5) is 0. The zero-order valence-corrected chi connectivity index (χ0v) is 5.91. The summed E-state index contributed by atoms with van der Waals surface area (Å²) in [5.74, 6) is 0. The van der Waals surface area contributed by atoms with E-state index in [1.54, 1.807) is 0 Å². The molecule has 5 heavy (non-hydrogen) atoms. The van der Waals surface area contributed by atoms with E-state index in [-0.39, 0.29) is 28.3 Å². The molecule has 0 saturated heterocycles. The van der Waals surface area contributed by atoms with Crippen LogP contribution < -0.4 is 0 Å². The molecule has 0 aliphatic heterocycles. The first-order valence-electron chi connectivity index (χ1n) is 0.204. The van der Waals surface area contributed by atoms with E-state index in [1.807, 2.05) is 0 Å². The Morgan fingerprint density at radius 1 is 1.00 bits per heavy atom. The van der Waals surface area contributed by atoms with Crippen LogP contribution in [0, 0.1) is 0 Å². The number of rotatable bonds is 0. The quantitative estimate of drug-likeness (QED) is 0.437. The minimum atomic E-state index is 0. The predicted molar refractivity (Wildman–Crippen MR) is 7.81 cm³/mol. The van der Waals surface area contributed by atoms with Gasteiger partial charge in [-0.15, -0.1) is 0 Å². The molecule has 0 radical (unpaired) electrons. The number of hydrogen-bond acceptors (Lipinski definition) is 1. The zero-order chi connectivity index (χ0) is 2.00. The third-order valence-electron chi connectivity index (χ3n) is 0. The molecule has 0 aliphatic carbocycles. The normalized spacial score (nSPS) is 1.20. The predicted octanol–water partition coefficient (Wildman–Crippen LogP) is -0.740. The van der Waals surface area contributed by atoms with Crippen LogP contribution in [0.4, 0.5) is 0 Å². The van der Waals surface area contributed by atoms with Crippen molar-refractivity contribution in [2.45, 2.75) is 0 Å². The van der Waals surface area contributed by atoms with Gasteiger partial charge in [-0.2, -0.15) is 0 Å². The summed E-state index contributed by atoms with van der Waals surface area (Å²) in [5.41, 5.74) is 0. The molecule has 0 spiro atoms. The molecule has 0 aromatic carbocycles. The van der Waals surface area contributed by atoms with Gasteiger partial charge in [-0.25, -0.2) is 0 Å². The summed E-state index contributed by atoms with van der Waals surface area (Å²) in [6.45, 7) is 0. The zero-order valence-electron chi connectivity index (χ0n) is 2.30. The summed E-state index contributed by atoms with van der Waals surface area (Å²) < 4.78 is 8.34. The molecule has 0 heterocycles. The molecule has 0 rings (SSSR count). The van der Waals surface area contributed by atoms with Gasteiger partial charge in [-0.3, -0.25) is 0 Å². The molecule has 0 fully saturated rings. The van der Waals surface area contributed by atoms with E-state index in [9.17, 15) is 0 Å². The molecule has 0 aliphatic rings. The second kappa shape index (κ2) is 68.1. The average Bonchev–Trinajstić information content (AvgIpc) is 1.00. The first kappa shape index (κ1) is 35.5. The molecule has 3 nitrogen and oxygen atoms in total. The summed E-state index contributed by atoms with van der Waals surface area (Å²) in [7, 11) is 0. The summed E-state index contributed by atoms with van der Waals surface area (Å²) in [6, 6.07) is 0. The van der Waals surface area contributed by atoms with Crippen LogP contribution in [0.2, 0.25) is 0 Å². The molecule has 5 heteroatoms. The van der Waals surface area contributed by atoms with Gasteiger partial charge in [0.15, 0.2) is 0 Å². The second-order valence-electron chi connectivity index (χ2n) is 0. The van der Waals surface area contributed by atoms with E-state index < -0.39 is 0 Å². The molecule has 0 saturated carbocycles. The van der Waals surface area contributed by atoms with Crippen LogP contribution in [0.1, 0.15) is 0 Å². The van der Waals surface area contributed by atoms with Crippen molar-refractivity contribution in [3.05, 3.63) is 0 Å². The fourth-order valence-corrected chi connectivity index (χ4v) is 0. The van der Waals surface area contributed by atoms with Crippen molar-refractivity contribution in [1.29, 1.82) is 0 Å². The van der Waals surface area contributed by atoms with Gasteiger partial charge in [0.2, 0.25) is 0 Å². The Kier molecular flexibility index (Phi) is 483. The molecular formula is AlO3Zr+. The van der Waals surface area contributed by atoms with Gasteiger partial charge in [0, 0.05) is 0 Å². The Balaban J connectivity index is -0.00000000167. The van der Waals surface area contributed by atoms with Gasteiger partial charge < -0.3 is 11.0 Å². The van der Waals surface area contributed by atoms with E-state index in [0.717, 1.165) is 0 Å². The molecule has 0 N–H and O–H groups in total. The van der Waals surface area contributed by atoms with Crippen molar-refractivity contribution in [2.24, 2.45) is 0 Å². The van der Waals surface area contributed by atoms with Gasteiger partial charge in [0.25, 0.3) is 0 Å². The van der Waals surface area contributed by atoms with Crippen LogP contribution in [0.5, 0.6) is 0 Å². The Morgan fingerprint density at radius 2 is 1.00 bits per heavy atom. The maximum atomic E-state index is 8.34. The molecule has 0 aromatic heterocycles. The second-order valence-corrected chi connectivity index (χ2v) is 0. The Bertz CT molecular complexity index is 6.85. The topological polar surface area (TPSA) is 74.1 Å². The first-order valence-corrected chi connectivity index (χ1v) is 1.21. The van der Waals surface area contributed by atoms with Gasteiger partial charge in [-0.05, 0) is 0 Å². The molecule has 0 amide bonds. The SMILES string of the molecule is [Al+3].[O-2].[O-2].[O]=[Zr+2]. The third-order valence-corrected chi connectivity index (χ3v) is 0. The molecule has 0 aromatic rings. The van der Waals surface area contributed by atoms with E-state index in [1.165, 1.54) is 0 Å². The van der Waals surface area contributed by atoms with Crippen LogP contribution in [-0.2, 0) is 38.5 Å². The van der Waals surface area contributed by atoms with Crippen molar-refractivity contribution >= 4 is 17.4 Å². The average molecular weight is 166 g/mol. The van der Waals surface area contributed by atoms with Crippen LogP contribution in [0.3, 0.4) is 0 Å². The van der Waals surface area contributed by atoms with E-state index in [2.05, 4.69) is 0 Å². The van der Waals surface area contributed by atoms with Crippen molar-refractivity contribution in [3.8, 4) is 0 Å².